The molecule has 0 unspecified atom stereocenters. The van der Waals surface area contributed by atoms with Gasteiger partial charge in [-0.2, -0.15) is 0 Å². The lowest BCUT2D eigenvalue weighted by Crippen LogP contribution is -2.19. The Morgan fingerprint density at radius 2 is 2.07 bits per heavy atom. The van der Waals surface area contributed by atoms with Gasteiger partial charge in [-0.1, -0.05) is 32.6 Å². The lowest BCUT2D eigenvalue weighted by molar-refractivity contribution is 0.425. The van der Waals surface area contributed by atoms with Gasteiger partial charge in [0.1, 0.15) is 5.76 Å². The number of hydrogen-bond acceptors (Lipinski definition) is 2. The molecule has 86 valence electrons. The molecule has 1 N–H and O–H groups in total. The lowest BCUT2D eigenvalue weighted by Gasteiger charge is -2.10. The van der Waals surface area contributed by atoms with Crippen LogP contribution < -0.4 is 5.32 Å². The fraction of sp³-hybridized carbons (Fsp3) is 0.692. The van der Waals surface area contributed by atoms with E-state index in [1.54, 1.807) is 6.26 Å². The quantitative estimate of drug-likeness (QED) is 0.657. The molecule has 0 saturated heterocycles. The molecule has 0 radical (unpaired) electrons. The largest absolute Gasteiger partial charge is 0.468 e. The molecule has 2 heteroatoms. The lowest BCUT2D eigenvalue weighted by atomic mass is 10.1. The third-order valence-corrected chi connectivity index (χ3v) is 2.70. The van der Waals surface area contributed by atoms with Crippen molar-refractivity contribution in [1.82, 2.24) is 5.32 Å². The molecular weight excluding hydrogens is 186 g/mol. The minimum atomic E-state index is 0.339. The van der Waals surface area contributed by atoms with Gasteiger partial charge in [-0.15, -0.1) is 0 Å². The average molecular weight is 209 g/mol. The Balaban J connectivity index is 2.00. The van der Waals surface area contributed by atoms with E-state index in [1.165, 1.54) is 32.1 Å². The molecule has 0 aliphatic heterocycles. The minimum absolute atomic E-state index is 0.339. The minimum Gasteiger partial charge on any atom is -0.468 e. The smallest absolute Gasteiger partial charge is 0.120 e. The van der Waals surface area contributed by atoms with E-state index in [9.17, 15) is 0 Å². The summed E-state index contributed by atoms with van der Waals surface area (Å²) in [4.78, 5) is 0. The Labute approximate surface area is 93.1 Å². The van der Waals surface area contributed by atoms with Crippen LogP contribution in [0.5, 0.6) is 0 Å². The first-order chi connectivity index (χ1) is 7.34. The van der Waals surface area contributed by atoms with E-state index in [0.717, 1.165) is 12.3 Å². The van der Waals surface area contributed by atoms with Crippen LogP contribution in [0, 0.1) is 0 Å². The Morgan fingerprint density at radius 3 is 2.73 bits per heavy atom. The van der Waals surface area contributed by atoms with E-state index in [4.69, 9.17) is 4.42 Å². The van der Waals surface area contributed by atoms with Crippen LogP contribution in [0.25, 0.3) is 0 Å². The fourth-order valence-electron chi connectivity index (χ4n) is 1.69. The zero-order valence-electron chi connectivity index (χ0n) is 9.96. The second-order valence-electron chi connectivity index (χ2n) is 4.11. The average Bonchev–Trinajstić information content (AvgIpc) is 2.76. The molecular formula is C13H23NO. The van der Waals surface area contributed by atoms with Crippen molar-refractivity contribution in [3.05, 3.63) is 24.2 Å². The van der Waals surface area contributed by atoms with Crippen LogP contribution >= 0.6 is 0 Å². The Kier molecular flexibility index (Phi) is 6.17. The van der Waals surface area contributed by atoms with Crippen molar-refractivity contribution < 1.29 is 4.42 Å². The van der Waals surface area contributed by atoms with Gasteiger partial charge < -0.3 is 9.73 Å². The van der Waals surface area contributed by atoms with Crippen LogP contribution in [0.2, 0.25) is 0 Å². The Hall–Kier alpha value is -0.760. The van der Waals surface area contributed by atoms with Crippen LogP contribution in [0.1, 0.15) is 57.8 Å². The molecule has 1 atom stereocenters. The Morgan fingerprint density at radius 1 is 1.27 bits per heavy atom. The van der Waals surface area contributed by atoms with Crippen molar-refractivity contribution >= 4 is 0 Å². The van der Waals surface area contributed by atoms with Crippen LogP contribution in [0.15, 0.2) is 22.8 Å². The van der Waals surface area contributed by atoms with Crippen molar-refractivity contribution in [1.29, 1.82) is 0 Å². The second kappa shape index (κ2) is 7.52. The standard InChI is InChI=1S/C13H23NO/c1-3-4-5-6-7-10-14-12(2)13-9-8-11-15-13/h8-9,11-12,14H,3-7,10H2,1-2H3/t12-/m1/s1. The summed E-state index contributed by atoms with van der Waals surface area (Å²) < 4.78 is 5.33. The molecule has 0 aliphatic carbocycles. The molecule has 1 rings (SSSR count). The van der Waals surface area contributed by atoms with E-state index >= 15 is 0 Å². The van der Waals surface area contributed by atoms with Crippen LogP contribution in [0.3, 0.4) is 0 Å². The molecule has 2 nitrogen and oxygen atoms in total. The molecule has 0 bridgehead atoms. The molecule has 0 spiro atoms. The maximum atomic E-state index is 5.33. The molecule has 0 aromatic carbocycles. The highest BCUT2D eigenvalue weighted by Crippen LogP contribution is 2.12. The van der Waals surface area contributed by atoms with E-state index in [-0.39, 0.29) is 0 Å². The van der Waals surface area contributed by atoms with Gasteiger partial charge in [0.2, 0.25) is 0 Å². The number of rotatable bonds is 8. The summed E-state index contributed by atoms with van der Waals surface area (Å²) >= 11 is 0. The summed E-state index contributed by atoms with van der Waals surface area (Å²) in [6, 6.07) is 4.30. The molecule has 0 saturated carbocycles. The zero-order valence-corrected chi connectivity index (χ0v) is 9.96. The van der Waals surface area contributed by atoms with Crippen molar-refractivity contribution in [2.45, 2.75) is 52.0 Å². The predicted octanol–water partition coefficient (Wildman–Crippen LogP) is 3.90. The van der Waals surface area contributed by atoms with Gasteiger partial charge >= 0.3 is 0 Å². The zero-order chi connectivity index (χ0) is 10.9. The SMILES string of the molecule is CCCCCCCN[C@H](C)c1ccco1. The molecule has 15 heavy (non-hydrogen) atoms. The number of unbranched alkanes of at least 4 members (excludes halogenated alkanes) is 4. The van der Waals surface area contributed by atoms with E-state index in [2.05, 4.69) is 19.2 Å². The van der Waals surface area contributed by atoms with Crippen molar-refractivity contribution in [2.75, 3.05) is 6.54 Å². The molecule has 1 heterocycles. The molecule has 1 aromatic rings. The van der Waals surface area contributed by atoms with Crippen molar-refractivity contribution in [3.63, 3.8) is 0 Å². The third kappa shape index (κ3) is 5.03. The monoisotopic (exact) mass is 209 g/mol. The first-order valence-corrected chi connectivity index (χ1v) is 6.11. The van der Waals surface area contributed by atoms with Gasteiger partial charge in [0, 0.05) is 0 Å². The molecule has 0 amide bonds. The number of furan rings is 1. The maximum absolute atomic E-state index is 5.33. The molecule has 0 fully saturated rings. The summed E-state index contributed by atoms with van der Waals surface area (Å²) in [5.74, 6) is 1.03. The van der Waals surface area contributed by atoms with Crippen LogP contribution in [-0.4, -0.2) is 6.54 Å². The van der Waals surface area contributed by atoms with Gasteiger partial charge in [-0.3, -0.25) is 0 Å². The topological polar surface area (TPSA) is 25.2 Å². The van der Waals surface area contributed by atoms with E-state index in [0.29, 0.717) is 6.04 Å². The fourth-order valence-corrected chi connectivity index (χ4v) is 1.69. The van der Waals surface area contributed by atoms with Gasteiger partial charge in [-0.05, 0) is 32.0 Å². The summed E-state index contributed by atoms with van der Waals surface area (Å²) in [7, 11) is 0. The number of nitrogens with one attached hydrogen (secondary N) is 1. The first kappa shape index (κ1) is 12.3. The molecule has 0 aliphatic rings. The van der Waals surface area contributed by atoms with Gasteiger partial charge in [0.25, 0.3) is 0 Å². The summed E-state index contributed by atoms with van der Waals surface area (Å²) in [6.07, 6.45) is 8.39. The second-order valence-corrected chi connectivity index (χ2v) is 4.11. The van der Waals surface area contributed by atoms with E-state index in [1.807, 2.05) is 12.1 Å². The van der Waals surface area contributed by atoms with Crippen LogP contribution in [0.4, 0.5) is 0 Å². The number of hydrogen-bond donors (Lipinski definition) is 1. The van der Waals surface area contributed by atoms with Crippen LogP contribution in [-0.2, 0) is 0 Å². The molecule has 1 aromatic heterocycles. The highest BCUT2D eigenvalue weighted by Gasteiger charge is 2.05. The summed E-state index contributed by atoms with van der Waals surface area (Å²) in [5, 5.41) is 3.47. The first-order valence-electron chi connectivity index (χ1n) is 6.11. The Bertz CT molecular complexity index is 231. The summed E-state index contributed by atoms with van der Waals surface area (Å²) in [6.45, 7) is 5.48. The normalized spacial score (nSPS) is 12.9. The van der Waals surface area contributed by atoms with Crippen molar-refractivity contribution in [3.8, 4) is 0 Å². The van der Waals surface area contributed by atoms with Gasteiger partial charge in [0.05, 0.1) is 12.3 Å². The predicted molar refractivity (Wildman–Crippen MR) is 63.9 cm³/mol. The summed E-state index contributed by atoms with van der Waals surface area (Å²) in [5.41, 5.74) is 0. The van der Waals surface area contributed by atoms with Gasteiger partial charge in [0.15, 0.2) is 0 Å². The highest BCUT2D eigenvalue weighted by molar-refractivity contribution is 5.02. The van der Waals surface area contributed by atoms with Crippen molar-refractivity contribution in [2.24, 2.45) is 0 Å². The maximum Gasteiger partial charge on any atom is 0.120 e. The highest BCUT2D eigenvalue weighted by atomic mass is 16.3. The van der Waals surface area contributed by atoms with E-state index < -0.39 is 0 Å². The van der Waals surface area contributed by atoms with Gasteiger partial charge in [-0.25, -0.2) is 0 Å². The third-order valence-electron chi connectivity index (χ3n) is 2.70.